The second kappa shape index (κ2) is 10.6. The van der Waals surface area contributed by atoms with Gasteiger partial charge >= 0.3 is 6.09 Å². The van der Waals surface area contributed by atoms with Crippen molar-refractivity contribution in [2.24, 2.45) is 0 Å². The number of nitrogens with one attached hydrogen (secondary N) is 1. The van der Waals surface area contributed by atoms with Gasteiger partial charge in [-0.15, -0.1) is 0 Å². The lowest BCUT2D eigenvalue weighted by Crippen LogP contribution is -2.43. The molecule has 0 spiro atoms. The van der Waals surface area contributed by atoms with Crippen LogP contribution >= 0.6 is 0 Å². The number of amides is 2. The van der Waals surface area contributed by atoms with E-state index in [4.69, 9.17) is 4.74 Å². The van der Waals surface area contributed by atoms with Crippen molar-refractivity contribution in [3.63, 3.8) is 0 Å². The summed E-state index contributed by atoms with van der Waals surface area (Å²) in [6.45, 7) is 10.3. The van der Waals surface area contributed by atoms with Crippen LogP contribution in [0.15, 0.2) is 55.1 Å². The summed E-state index contributed by atoms with van der Waals surface area (Å²) in [6, 6.07) is 10.2. The second-order valence-corrected chi connectivity index (χ2v) is 10.6. The molecule has 1 aromatic carbocycles. The summed E-state index contributed by atoms with van der Waals surface area (Å²) in [4.78, 5) is 32.3. The lowest BCUT2D eigenvalue weighted by Gasteiger charge is -2.39. The molecular formula is C28H36N6O3. The molecular weight excluding hydrogens is 468 g/mol. The molecule has 2 aromatic heterocycles. The van der Waals surface area contributed by atoms with Gasteiger partial charge in [-0.25, -0.2) is 4.79 Å². The number of anilines is 2. The van der Waals surface area contributed by atoms with E-state index in [2.05, 4.69) is 28.4 Å². The highest BCUT2D eigenvalue weighted by molar-refractivity contribution is 5.94. The maximum atomic E-state index is 12.5. The molecule has 0 bridgehead atoms. The normalized spacial score (nSPS) is 17.2. The van der Waals surface area contributed by atoms with Gasteiger partial charge in [0.1, 0.15) is 5.60 Å². The Kier molecular flexibility index (Phi) is 7.52. The van der Waals surface area contributed by atoms with E-state index < -0.39 is 5.60 Å². The molecule has 0 saturated carbocycles. The Balaban J connectivity index is 1.55. The van der Waals surface area contributed by atoms with E-state index in [0.29, 0.717) is 13.1 Å². The van der Waals surface area contributed by atoms with E-state index in [0.717, 1.165) is 34.5 Å². The second-order valence-electron chi connectivity index (χ2n) is 10.6. The van der Waals surface area contributed by atoms with Crippen molar-refractivity contribution in [3.8, 4) is 11.1 Å². The van der Waals surface area contributed by atoms with Gasteiger partial charge in [-0.1, -0.05) is 6.07 Å². The molecule has 196 valence electrons. The molecule has 1 aliphatic heterocycles. The fraction of sp³-hybridized carbons (Fsp3) is 0.429. The minimum Gasteiger partial charge on any atom is -0.444 e. The Morgan fingerprint density at radius 2 is 1.89 bits per heavy atom. The Bertz CT molecular complexity index is 1250. The summed E-state index contributed by atoms with van der Waals surface area (Å²) >= 11 is 0. The number of benzene rings is 1. The lowest BCUT2D eigenvalue weighted by atomic mass is 9.89. The van der Waals surface area contributed by atoms with Crippen LogP contribution < -0.4 is 10.2 Å². The first kappa shape index (κ1) is 26.2. The van der Waals surface area contributed by atoms with E-state index in [-0.39, 0.29) is 24.1 Å². The molecule has 4 rings (SSSR count). The number of hydrogen-bond donors (Lipinski definition) is 1. The zero-order valence-electron chi connectivity index (χ0n) is 22.4. The number of likely N-dealkylation sites (N-methyl/N-ethyl adjacent to an activating group) is 1. The van der Waals surface area contributed by atoms with Crippen molar-refractivity contribution in [2.45, 2.75) is 65.3 Å². The average molecular weight is 505 g/mol. The number of aromatic nitrogens is 3. The first-order valence-electron chi connectivity index (χ1n) is 12.6. The maximum absolute atomic E-state index is 12.5. The predicted octanol–water partition coefficient (Wildman–Crippen LogP) is 5.11. The number of carbonyl (C=O) groups is 2. The molecule has 37 heavy (non-hydrogen) atoms. The van der Waals surface area contributed by atoms with Gasteiger partial charge in [-0.3, -0.25) is 14.5 Å². The third-order valence-electron chi connectivity index (χ3n) is 6.38. The Labute approximate surface area is 218 Å². The van der Waals surface area contributed by atoms with Crippen LogP contribution in [0.2, 0.25) is 0 Å². The van der Waals surface area contributed by atoms with Crippen molar-refractivity contribution >= 4 is 23.4 Å². The minimum absolute atomic E-state index is 0.0331. The molecule has 0 fully saturated rings. The molecule has 2 atom stereocenters. The van der Waals surface area contributed by atoms with Gasteiger partial charge in [0.25, 0.3) is 0 Å². The van der Waals surface area contributed by atoms with Gasteiger partial charge in [0.05, 0.1) is 18.8 Å². The highest BCUT2D eigenvalue weighted by atomic mass is 16.6. The first-order chi connectivity index (χ1) is 17.5. The number of rotatable bonds is 6. The maximum Gasteiger partial charge on any atom is 0.410 e. The smallest absolute Gasteiger partial charge is 0.410 e. The molecule has 0 unspecified atom stereocenters. The zero-order valence-corrected chi connectivity index (χ0v) is 22.4. The molecule has 9 nitrogen and oxygen atoms in total. The molecule has 0 aliphatic carbocycles. The molecule has 1 N–H and O–H groups in total. The van der Waals surface area contributed by atoms with Crippen LogP contribution in [-0.4, -0.2) is 56.9 Å². The van der Waals surface area contributed by atoms with Crippen molar-refractivity contribution in [3.05, 3.63) is 60.7 Å². The number of fused-ring (bicyclic) bond motifs is 1. The van der Waals surface area contributed by atoms with E-state index in [1.54, 1.807) is 31.3 Å². The minimum atomic E-state index is -0.531. The van der Waals surface area contributed by atoms with Crippen LogP contribution in [0.5, 0.6) is 0 Å². The summed E-state index contributed by atoms with van der Waals surface area (Å²) < 4.78 is 7.25. The van der Waals surface area contributed by atoms with E-state index in [9.17, 15) is 9.59 Å². The van der Waals surface area contributed by atoms with Crippen LogP contribution in [0.1, 0.15) is 52.6 Å². The van der Waals surface area contributed by atoms with Crippen molar-refractivity contribution in [2.75, 3.05) is 23.8 Å². The number of pyridine rings is 1. The van der Waals surface area contributed by atoms with E-state index in [1.165, 1.54) is 0 Å². The fourth-order valence-corrected chi connectivity index (χ4v) is 4.63. The SMILES string of the molecule is CC(=O)N1c2ccc(-c3cnn(CCN(C)C(=O)OC(C)(C)C)c3)cc2[C@H](Nc2ccncc2)C[C@@H]1C. The van der Waals surface area contributed by atoms with Gasteiger partial charge < -0.3 is 19.9 Å². The van der Waals surface area contributed by atoms with Crippen LogP contribution in [0.25, 0.3) is 11.1 Å². The Morgan fingerprint density at radius 1 is 1.16 bits per heavy atom. The van der Waals surface area contributed by atoms with Crippen LogP contribution in [0.4, 0.5) is 16.2 Å². The highest BCUT2D eigenvalue weighted by Crippen LogP contribution is 2.41. The first-order valence-corrected chi connectivity index (χ1v) is 12.6. The third-order valence-corrected chi connectivity index (χ3v) is 6.38. The molecule has 3 heterocycles. The molecule has 9 heteroatoms. The number of nitrogens with zero attached hydrogens (tertiary/aromatic N) is 5. The van der Waals surface area contributed by atoms with E-state index in [1.807, 2.05) is 67.0 Å². The van der Waals surface area contributed by atoms with Crippen LogP contribution in [0.3, 0.4) is 0 Å². The average Bonchev–Trinajstić information content (AvgIpc) is 3.31. The monoisotopic (exact) mass is 504 g/mol. The summed E-state index contributed by atoms with van der Waals surface area (Å²) in [5.74, 6) is 0.0331. The summed E-state index contributed by atoms with van der Waals surface area (Å²) in [6.07, 6.45) is 7.77. The van der Waals surface area contributed by atoms with Crippen molar-refractivity contribution in [1.82, 2.24) is 19.7 Å². The third kappa shape index (κ3) is 6.28. The molecule has 0 saturated heterocycles. The molecule has 0 radical (unpaired) electrons. The summed E-state index contributed by atoms with van der Waals surface area (Å²) in [5, 5.41) is 8.13. The largest absolute Gasteiger partial charge is 0.444 e. The van der Waals surface area contributed by atoms with Crippen LogP contribution in [0, 0.1) is 0 Å². The summed E-state index contributed by atoms with van der Waals surface area (Å²) in [7, 11) is 1.72. The predicted molar refractivity (Wildman–Crippen MR) is 144 cm³/mol. The van der Waals surface area contributed by atoms with Crippen LogP contribution in [-0.2, 0) is 16.1 Å². The lowest BCUT2D eigenvalue weighted by molar-refractivity contribution is -0.117. The molecule has 1 aliphatic rings. The standard InChI is InChI=1S/C28H36N6O3/c1-19-15-25(31-23-9-11-29-12-10-23)24-16-21(7-8-26(24)34(19)20(2)35)22-17-30-33(18-22)14-13-32(6)27(36)37-28(3,4)5/h7-12,16-19,25H,13-15H2,1-6H3,(H,29,31)/t19-,25+/m0/s1. The quantitative estimate of drug-likeness (QED) is 0.502. The van der Waals surface area contributed by atoms with E-state index >= 15 is 0 Å². The number of ether oxygens (including phenoxy) is 1. The van der Waals surface area contributed by atoms with Gasteiger partial charge in [-0.2, -0.15) is 5.10 Å². The van der Waals surface area contributed by atoms with Gasteiger partial charge in [0, 0.05) is 62.1 Å². The van der Waals surface area contributed by atoms with Crippen molar-refractivity contribution < 1.29 is 14.3 Å². The number of hydrogen-bond acceptors (Lipinski definition) is 6. The fourth-order valence-electron chi connectivity index (χ4n) is 4.63. The molecule has 3 aromatic rings. The van der Waals surface area contributed by atoms with Crippen molar-refractivity contribution in [1.29, 1.82) is 0 Å². The topological polar surface area (TPSA) is 92.6 Å². The van der Waals surface area contributed by atoms with Gasteiger partial charge in [-0.05, 0) is 69.5 Å². The number of carbonyl (C=O) groups excluding carboxylic acids is 2. The highest BCUT2D eigenvalue weighted by Gasteiger charge is 2.32. The summed E-state index contributed by atoms with van der Waals surface area (Å²) in [5.41, 5.74) is 4.44. The Morgan fingerprint density at radius 3 is 2.57 bits per heavy atom. The molecule has 2 amide bonds. The Hall–Kier alpha value is -3.88. The van der Waals surface area contributed by atoms with Gasteiger partial charge in [0.2, 0.25) is 5.91 Å². The zero-order chi connectivity index (χ0) is 26.7. The van der Waals surface area contributed by atoms with Gasteiger partial charge in [0.15, 0.2) is 0 Å².